The van der Waals surface area contributed by atoms with Gasteiger partial charge in [-0.15, -0.1) is 0 Å². The zero-order valence-corrected chi connectivity index (χ0v) is 12.3. The van der Waals surface area contributed by atoms with Crippen molar-refractivity contribution in [1.29, 1.82) is 0 Å². The summed E-state index contributed by atoms with van der Waals surface area (Å²) in [6.07, 6.45) is 6.20. The number of nitrogens with one attached hydrogen (secondary N) is 1. The quantitative estimate of drug-likeness (QED) is 0.868. The molecule has 2 rings (SSSR count). The van der Waals surface area contributed by atoms with E-state index in [-0.39, 0.29) is 0 Å². The maximum atomic E-state index is 4.80. The van der Waals surface area contributed by atoms with E-state index in [1.807, 2.05) is 0 Å². The van der Waals surface area contributed by atoms with Gasteiger partial charge in [-0.05, 0) is 58.1 Å². The smallest absolute Gasteiger partial charge is 0.0675 e. The molecule has 2 atom stereocenters. The van der Waals surface area contributed by atoms with Crippen LogP contribution in [0.25, 0.3) is 0 Å². The Morgan fingerprint density at radius 2 is 2.06 bits per heavy atom. The SMILES string of the molecule is CCCNC1CCCC1n1nc(C)c(CC)c1C. The fraction of sp³-hybridized carbons (Fsp3) is 0.800. The molecule has 1 aromatic rings. The summed E-state index contributed by atoms with van der Waals surface area (Å²) < 4.78 is 2.30. The Labute approximate surface area is 111 Å². The van der Waals surface area contributed by atoms with Crippen molar-refractivity contribution in [3.63, 3.8) is 0 Å². The largest absolute Gasteiger partial charge is 0.312 e. The molecule has 1 saturated carbocycles. The molecule has 1 heterocycles. The summed E-state index contributed by atoms with van der Waals surface area (Å²) in [6.45, 7) is 9.96. The summed E-state index contributed by atoms with van der Waals surface area (Å²) >= 11 is 0. The Bertz CT molecular complexity index is 395. The first-order valence-electron chi connectivity index (χ1n) is 7.47. The third-order valence-corrected chi connectivity index (χ3v) is 4.28. The van der Waals surface area contributed by atoms with Crippen LogP contribution in [0.1, 0.15) is 62.5 Å². The van der Waals surface area contributed by atoms with Crippen LogP contribution in [0.5, 0.6) is 0 Å². The number of aryl methyl sites for hydroxylation is 1. The lowest BCUT2D eigenvalue weighted by Gasteiger charge is -2.22. The minimum Gasteiger partial charge on any atom is -0.312 e. The van der Waals surface area contributed by atoms with Gasteiger partial charge >= 0.3 is 0 Å². The summed E-state index contributed by atoms with van der Waals surface area (Å²) in [5.74, 6) is 0. The predicted octanol–water partition coefficient (Wildman–Crippen LogP) is 3.16. The molecule has 0 saturated heterocycles. The van der Waals surface area contributed by atoms with E-state index in [4.69, 9.17) is 5.10 Å². The molecule has 1 aliphatic rings. The van der Waals surface area contributed by atoms with Gasteiger partial charge in [0.1, 0.15) is 0 Å². The summed E-state index contributed by atoms with van der Waals surface area (Å²) in [5, 5.41) is 8.49. The van der Waals surface area contributed by atoms with Crippen LogP contribution >= 0.6 is 0 Å². The molecular weight excluding hydrogens is 222 g/mol. The van der Waals surface area contributed by atoms with Gasteiger partial charge in [0.05, 0.1) is 11.7 Å². The van der Waals surface area contributed by atoms with E-state index < -0.39 is 0 Å². The third-order valence-electron chi connectivity index (χ3n) is 4.28. The van der Waals surface area contributed by atoms with Gasteiger partial charge < -0.3 is 5.32 Å². The Hall–Kier alpha value is -0.830. The first-order chi connectivity index (χ1) is 8.69. The van der Waals surface area contributed by atoms with Crippen LogP contribution in [0.2, 0.25) is 0 Å². The predicted molar refractivity (Wildman–Crippen MR) is 76.0 cm³/mol. The second-order valence-electron chi connectivity index (χ2n) is 5.51. The van der Waals surface area contributed by atoms with Crippen molar-refractivity contribution >= 4 is 0 Å². The number of aromatic nitrogens is 2. The van der Waals surface area contributed by atoms with Crippen molar-refractivity contribution in [2.24, 2.45) is 0 Å². The molecule has 1 aromatic heterocycles. The molecule has 0 bridgehead atoms. The topological polar surface area (TPSA) is 29.9 Å². The van der Waals surface area contributed by atoms with Gasteiger partial charge in [-0.2, -0.15) is 5.10 Å². The summed E-state index contributed by atoms with van der Waals surface area (Å²) in [6, 6.07) is 1.18. The van der Waals surface area contributed by atoms with Crippen LogP contribution in [0, 0.1) is 13.8 Å². The number of hydrogen-bond acceptors (Lipinski definition) is 2. The minimum absolute atomic E-state index is 0.565. The van der Waals surface area contributed by atoms with Crippen molar-refractivity contribution in [2.75, 3.05) is 6.54 Å². The molecule has 18 heavy (non-hydrogen) atoms. The maximum Gasteiger partial charge on any atom is 0.0675 e. The lowest BCUT2D eigenvalue weighted by molar-refractivity contribution is 0.360. The minimum atomic E-state index is 0.565. The fourth-order valence-electron chi connectivity index (χ4n) is 3.33. The number of nitrogens with zero attached hydrogens (tertiary/aromatic N) is 2. The van der Waals surface area contributed by atoms with Crippen LogP contribution < -0.4 is 5.32 Å². The monoisotopic (exact) mass is 249 g/mol. The van der Waals surface area contributed by atoms with Crippen molar-refractivity contribution < 1.29 is 0 Å². The molecule has 1 N–H and O–H groups in total. The highest BCUT2D eigenvalue weighted by Crippen LogP contribution is 2.32. The second kappa shape index (κ2) is 5.87. The Morgan fingerprint density at radius 3 is 2.67 bits per heavy atom. The average Bonchev–Trinajstić information content (AvgIpc) is 2.91. The van der Waals surface area contributed by atoms with Gasteiger partial charge in [0, 0.05) is 11.7 Å². The number of hydrogen-bond donors (Lipinski definition) is 1. The van der Waals surface area contributed by atoms with E-state index in [1.165, 1.54) is 42.6 Å². The molecule has 3 nitrogen and oxygen atoms in total. The van der Waals surface area contributed by atoms with Gasteiger partial charge in [-0.25, -0.2) is 0 Å². The average molecular weight is 249 g/mol. The molecule has 3 heteroatoms. The highest BCUT2D eigenvalue weighted by molar-refractivity contribution is 5.25. The van der Waals surface area contributed by atoms with E-state index >= 15 is 0 Å². The zero-order chi connectivity index (χ0) is 13.1. The first-order valence-corrected chi connectivity index (χ1v) is 7.47. The van der Waals surface area contributed by atoms with Gasteiger partial charge in [-0.1, -0.05) is 13.8 Å². The van der Waals surface area contributed by atoms with Crippen LogP contribution in [-0.4, -0.2) is 22.4 Å². The zero-order valence-electron chi connectivity index (χ0n) is 12.3. The van der Waals surface area contributed by atoms with E-state index in [1.54, 1.807) is 0 Å². The molecule has 0 amide bonds. The van der Waals surface area contributed by atoms with Crippen LogP contribution in [0.3, 0.4) is 0 Å². The lowest BCUT2D eigenvalue weighted by atomic mass is 10.1. The van der Waals surface area contributed by atoms with Gasteiger partial charge in [0.2, 0.25) is 0 Å². The molecule has 102 valence electrons. The standard InChI is InChI=1S/C15H27N3/c1-5-10-16-14-8-7-9-15(14)18-12(4)13(6-2)11(3)17-18/h14-16H,5-10H2,1-4H3. The molecule has 1 fully saturated rings. The van der Waals surface area contributed by atoms with Crippen molar-refractivity contribution in [2.45, 2.75) is 71.9 Å². The summed E-state index contributed by atoms with van der Waals surface area (Å²) in [7, 11) is 0. The Kier molecular flexibility index (Phi) is 4.44. The highest BCUT2D eigenvalue weighted by Gasteiger charge is 2.30. The Morgan fingerprint density at radius 1 is 1.28 bits per heavy atom. The van der Waals surface area contributed by atoms with Crippen LogP contribution in [-0.2, 0) is 6.42 Å². The Balaban J connectivity index is 2.19. The van der Waals surface area contributed by atoms with E-state index in [2.05, 4.69) is 37.7 Å². The lowest BCUT2D eigenvalue weighted by Crippen LogP contribution is -2.35. The highest BCUT2D eigenvalue weighted by atomic mass is 15.3. The fourth-order valence-corrected chi connectivity index (χ4v) is 3.33. The van der Waals surface area contributed by atoms with Crippen LogP contribution in [0.15, 0.2) is 0 Å². The molecule has 0 aliphatic heterocycles. The third kappa shape index (κ3) is 2.46. The van der Waals surface area contributed by atoms with Gasteiger partial charge in [0.25, 0.3) is 0 Å². The van der Waals surface area contributed by atoms with Gasteiger partial charge in [0.15, 0.2) is 0 Å². The normalized spacial score (nSPS) is 23.8. The number of rotatable bonds is 5. The van der Waals surface area contributed by atoms with E-state index in [9.17, 15) is 0 Å². The maximum absolute atomic E-state index is 4.80. The summed E-state index contributed by atoms with van der Waals surface area (Å²) in [4.78, 5) is 0. The molecule has 0 aromatic carbocycles. The summed E-state index contributed by atoms with van der Waals surface area (Å²) in [5.41, 5.74) is 4.04. The van der Waals surface area contributed by atoms with Gasteiger partial charge in [-0.3, -0.25) is 4.68 Å². The van der Waals surface area contributed by atoms with Crippen LogP contribution in [0.4, 0.5) is 0 Å². The van der Waals surface area contributed by atoms with Crippen molar-refractivity contribution in [3.8, 4) is 0 Å². The second-order valence-corrected chi connectivity index (χ2v) is 5.51. The van der Waals surface area contributed by atoms with Crippen molar-refractivity contribution in [1.82, 2.24) is 15.1 Å². The van der Waals surface area contributed by atoms with E-state index in [0.29, 0.717) is 12.1 Å². The van der Waals surface area contributed by atoms with Crippen molar-refractivity contribution in [3.05, 3.63) is 17.0 Å². The molecule has 0 radical (unpaired) electrons. The molecular formula is C15H27N3. The first kappa shape index (κ1) is 13.6. The molecule has 0 spiro atoms. The van der Waals surface area contributed by atoms with E-state index in [0.717, 1.165) is 13.0 Å². The molecule has 1 aliphatic carbocycles. The molecule has 2 unspecified atom stereocenters.